The van der Waals surface area contributed by atoms with Crippen molar-refractivity contribution in [3.05, 3.63) is 0 Å². The Hall–Kier alpha value is -0.860. The Labute approximate surface area is 111 Å². The van der Waals surface area contributed by atoms with E-state index in [0.29, 0.717) is 13.0 Å². The predicted molar refractivity (Wildman–Crippen MR) is 73.5 cm³/mol. The zero-order chi connectivity index (χ0) is 13.6. The molecule has 0 heterocycles. The van der Waals surface area contributed by atoms with Gasteiger partial charge in [0, 0.05) is 6.42 Å². The van der Waals surface area contributed by atoms with E-state index in [9.17, 15) is 9.59 Å². The van der Waals surface area contributed by atoms with Crippen LogP contribution in [0.3, 0.4) is 0 Å². The standard InChI is InChI=1S/C15H28O3/c1-3-4-5-6-7-8-9-10-13-18-15(17)12-11-14(2)16/h3-13H2,1-2H3. The van der Waals surface area contributed by atoms with Crippen molar-refractivity contribution in [2.24, 2.45) is 0 Å². The second-order valence-electron chi connectivity index (χ2n) is 4.90. The lowest BCUT2D eigenvalue weighted by Crippen LogP contribution is -2.07. The third-order valence-electron chi connectivity index (χ3n) is 2.94. The van der Waals surface area contributed by atoms with E-state index in [4.69, 9.17) is 4.74 Å². The third-order valence-corrected chi connectivity index (χ3v) is 2.94. The summed E-state index contributed by atoms with van der Waals surface area (Å²) in [5.41, 5.74) is 0. The maximum absolute atomic E-state index is 11.2. The van der Waals surface area contributed by atoms with E-state index >= 15 is 0 Å². The molecule has 18 heavy (non-hydrogen) atoms. The molecule has 3 nitrogen and oxygen atoms in total. The molecule has 0 fully saturated rings. The second-order valence-corrected chi connectivity index (χ2v) is 4.90. The lowest BCUT2D eigenvalue weighted by Gasteiger charge is -2.04. The van der Waals surface area contributed by atoms with Crippen LogP contribution in [0, 0.1) is 0 Å². The first-order valence-corrected chi connectivity index (χ1v) is 7.32. The summed E-state index contributed by atoms with van der Waals surface area (Å²) in [6, 6.07) is 0. The van der Waals surface area contributed by atoms with Crippen molar-refractivity contribution in [2.45, 2.75) is 78.1 Å². The average Bonchev–Trinajstić information content (AvgIpc) is 2.34. The topological polar surface area (TPSA) is 43.4 Å². The Morgan fingerprint density at radius 3 is 1.94 bits per heavy atom. The summed E-state index contributed by atoms with van der Waals surface area (Å²) >= 11 is 0. The third kappa shape index (κ3) is 13.2. The molecule has 0 aliphatic rings. The van der Waals surface area contributed by atoms with Gasteiger partial charge in [-0.2, -0.15) is 0 Å². The second kappa shape index (κ2) is 12.6. The summed E-state index contributed by atoms with van der Waals surface area (Å²) < 4.78 is 5.05. The molecule has 106 valence electrons. The van der Waals surface area contributed by atoms with E-state index in [1.54, 1.807) is 0 Å². The minimum Gasteiger partial charge on any atom is -0.466 e. The molecule has 0 N–H and O–H groups in total. The molecular formula is C15H28O3. The van der Waals surface area contributed by atoms with Crippen LogP contribution in [0.4, 0.5) is 0 Å². The van der Waals surface area contributed by atoms with Gasteiger partial charge in [0.15, 0.2) is 0 Å². The predicted octanol–water partition coefficient (Wildman–Crippen LogP) is 4.04. The van der Waals surface area contributed by atoms with Crippen molar-refractivity contribution >= 4 is 11.8 Å². The highest BCUT2D eigenvalue weighted by Crippen LogP contribution is 2.08. The molecule has 0 aromatic rings. The molecule has 0 saturated carbocycles. The van der Waals surface area contributed by atoms with Crippen molar-refractivity contribution in [2.75, 3.05) is 6.61 Å². The number of rotatable bonds is 12. The number of ketones is 1. The van der Waals surface area contributed by atoms with Gasteiger partial charge in [-0.3, -0.25) is 4.79 Å². The molecule has 3 heteroatoms. The number of carbonyl (C=O) groups excluding carboxylic acids is 2. The summed E-state index contributed by atoms with van der Waals surface area (Å²) in [5, 5.41) is 0. The smallest absolute Gasteiger partial charge is 0.306 e. The highest BCUT2D eigenvalue weighted by Gasteiger charge is 2.04. The van der Waals surface area contributed by atoms with Gasteiger partial charge in [-0.15, -0.1) is 0 Å². The molecule has 0 radical (unpaired) electrons. The highest BCUT2D eigenvalue weighted by atomic mass is 16.5. The first-order valence-electron chi connectivity index (χ1n) is 7.32. The quantitative estimate of drug-likeness (QED) is 0.391. The maximum Gasteiger partial charge on any atom is 0.306 e. The van der Waals surface area contributed by atoms with Gasteiger partial charge in [0.1, 0.15) is 5.78 Å². The van der Waals surface area contributed by atoms with E-state index in [1.165, 1.54) is 45.4 Å². The molecule has 0 unspecified atom stereocenters. The van der Waals surface area contributed by atoms with Gasteiger partial charge in [0.25, 0.3) is 0 Å². The highest BCUT2D eigenvalue weighted by molar-refractivity contribution is 5.80. The lowest BCUT2D eigenvalue weighted by molar-refractivity contribution is -0.144. The van der Waals surface area contributed by atoms with Gasteiger partial charge in [-0.1, -0.05) is 51.9 Å². The van der Waals surface area contributed by atoms with Crippen LogP contribution in [0.2, 0.25) is 0 Å². The minimum absolute atomic E-state index is 0.0408. The van der Waals surface area contributed by atoms with E-state index in [0.717, 1.165) is 12.8 Å². The molecule has 0 aromatic heterocycles. The fourth-order valence-electron chi connectivity index (χ4n) is 1.77. The van der Waals surface area contributed by atoms with E-state index in [2.05, 4.69) is 6.92 Å². The zero-order valence-corrected chi connectivity index (χ0v) is 12.0. The van der Waals surface area contributed by atoms with E-state index < -0.39 is 0 Å². The fourth-order valence-corrected chi connectivity index (χ4v) is 1.77. The van der Waals surface area contributed by atoms with Gasteiger partial charge in [0.2, 0.25) is 0 Å². The average molecular weight is 256 g/mol. The number of unbranched alkanes of at least 4 members (excludes halogenated alkanes) is 7. The van der Waals surface area contributed by atoms with Gasteiger partial charge in [-0.05, 0) is 13.3 Å². The van der Waals surface area contributed by atoms with Crippen molar-refractivity contribution < 1.29 is 14.3 Å². The number of esters is 1. The first-order chi connectivity index (χ1) is 8.66. The van der Waals surface area contributed by atoms with Crippen LogP contribution < -0.4 is 0 Å². The maximum atomic E-state index is 11.2. The molecule has 0 bridgehead atoms. The Balaban J connectivity index is 3.15. The van der Waals surface area contributed by atoms with Crippen molar-refractivity contribution in [3.63, 3.8) is 0 Å². The lowest BCUT2D eigenvalue weighted by atomic mass is 10.1. The van der Waals surface area contributed by atoms with Gasteiger partial charge >= 0.3 is 5.97 Å². The van der Waals surface area contributed by atoms with Crippen LogP contribution in [0.15, 0.2) is 0 Å². The van der Waals surface area contributed by atoms with Crippen LogP contribution >= 0.6 is 0 Å². The first kappa shape index (κ1) is 17.1. The van der Waals surface area contributed by atoms with Crippen molar-refractivity contribution in [3.8, 4) is 0 Å². The molecular weight excluding hydrogens is 228 g/mol. The molecule has 0 saturated heterocycles. The Morgan fingerprint density at radius 1 is 0.833 bits per heavy atom. The molecule has 0 aromatic carbocycles. The molecule has 0 amide bonds. The van der Waals surface area contributed by atoms with Crippen molar-refractivity contribution in [1.82, 2.24) is 0 Å². The number of carbonyl (C=O) groups is 2. The number of Topliss-reactive ketones (excluding diaryl/α,β-unsaturated/α-hetero) is 1. The number of hydrogen-bond acceptors (Lipinski definition) is 3. The summed E-state index contributed by atoms with van der Waals surface area (Å²) in [4.78, 5) is 21.8. The molecule has 0 rings (SSSR count). The Morgan fingerprint density at radius 2 is 1.39 bits per heavy atom. The fraction of sp³-hybridized carbons (Fsp3) is 0.867. The molecule has 0 aliphatic carbocycles. The number of hydrogen-bond donors (Lipinski definition) is 0. The molecule has 0 aliphatic heterocycles. The Bertz CT molecular complexity index is 224. The van der Waals surface area contributed by atoms with E-state index in [-0.39, 0.29) is 18.2 Å². The molecule has 0 spiro atoms. The van der Waals surface area contributed by atoms with E-state index in [1.807, 2.05) is 0 Å². The summed E-state index contributed by atoms with van der Waals surface area (Å²) in [7, 11) is 0. The van der Waals surface area contributed by atoms with Gasteiger partial charge < -0.3 is 9.53 Å². The summed E-state index contributed by atoms with van der Waals surface area (Å²) in [6.45, 7) is 4.22. The zero-order valence-electron chi connectivity index (χ0n) is 12.0. The summed E-state index contributed by atoms with van der Waals surface area (Å²) in [5.74, 6) is -0.202. The summed E-state index contributed by atoms with van der Waals surface area (Å²) in [6.07, 6.45) is 10.4. The van der Waals surface area contributed by atoms with Crippen molar-refractivity contribution in [1.29, 1.82) is 0 Å². The largest absolute Gasteiger partial charge is 0.466 e. The Kier molecular flexibility index (Phi) is 12.0. The SMILES string of the molecule is CCCCCCCCCCOC(=O)CCC(C)=O. The minimum atomic E-state index is -0.242. The van der Waals surface area contributed by atoms with Crippen LogP contribution in [-0.4, -0.2) is 18.4 Å². The normalized spacial score (nSPS) is 10.3. The number of ether oxygens (including phenoxy) is 1. The van der Waals surface area contributed by atoms with Crippen LogP contribution in [-0.2, 0) is 14.3 Å². The van der Waals surface area contributed by atoms with Gasteiger partial charge in [0.05, 0.1) is 13.0 Å². The van der Waals surface area contributed by atoms with Crippen LogP contribution in [0.1, 0.15) is 78.1 Å². The van der Waals surface area contributed by atoms with Gasteiger partial charge in [-0.25, -0.2) is 0 Å². The van der Waals surface area contributed by atoms with Crippen LogP contribution in [0.25, 0.3) is 0 Å². The monoisotopic (exact) mass is 256 g/mol. The molecule has 0 atom stereocenters. The van der Waals surface area contributed by atoms with Crippen LogP contribution in [0.5, 0.6) is 0 Å².